The van der Waals surface area contributed by atoms with Gasteiger partial charge < -0.3 is 28.4 Å². The van der Waals surface area contributed by atoms with Gasteiger partial charge in [0.15, 0.2) is 34.4 Å². The summed E-state index contributed by atoms with van der Waals surface area (Å²) < 4.78 is 35.0. The lowest BCUT2D eigenvalue weighted by molar-refractivity contribution is -0.139. The average molecular weight is 594 g/mol. The molecule has 11 nitrogen and oxygen atoms in total. The van der Waals surface area contributed by atoms with E-state index in [1.165, 1.54) is 37.2 Å². The molecule has 220 valence electrons. The number of aromatic nitrogens is 1. The molecule has 1 aliphatic heterocycles. The number of nitriles is 1. The van der Waals surface area contributed by atoms with E-state index in [0.29, 0.717) is 61.5 Å². The van der Waals surface area contributed by atoms with Gasteiger partial charge in [0.05, 0.1) is 56.4 Å². The number of fused-ring (bicyclic) bond motifs is 1. The average Bonchev–Trinajstić information content (AvgIpc) is 3.29. The molecule has 0 fully saturated rings. The normalized spacial score (nSPS) is 14.4. The smallest absolute Gasteiger partial charge is 0.338 e. The number of allylic oxidation sites excluding steroid dienone is 1. The molecule has 0 unspecified atom stereocenters. The van der Waals surface area contributed by atoms with Crippen molar-refractivity contribution < 1.29 is 33.2 Å². The van der Waals surface area contributed by atoms with Crippen molar-refractivity contribution in [1.29, 1.82) is 5.26 Å². The van der Waals surface area contributed by atoms with Gasteiger partial charge >= 0.3 is 5.97 Å². The summed E-state index contributed by atoms with van der Waals surface area (Å²) in [6.45, 7) is 5.68. The molecule has 0 amide bonds. The van der Waals surface area contributed by atoms with E-state index in [2.05, 4.69) is 4.99 Å². The van der Waals surface area contributed by atoms with E-state index in [9.17, 15) is 9.59 Å². The summed E-state index contributed by atoms with van der Waals surface area (Å²) in [4.78, 5) is 32.3. The van der Waals surface area contributed by atoms with Crippen LogP contribution in [-0.4, -0.2) is 51.7 Å². The van der Waals surface area contributed by atoms with Crippen LogP contribution in [0.2, 0.25) is 0 Å². The van der Waals surface area contributed by atoms with Gasteiger partial charge in [-0.15, -0.1) is 0 Å². The van der Waals surface area contributed by atoms with E-state index in [0.717, 1.165) is 0 Å². The Bertz CT molecular complexity index is 1720. The van der Waals surface area contributed by atoms with Gasteiger partial charge in [0.2, 0.25) is 5.75 Å². The van der Waals surface area contributed by atoms with Crippen LogP contribution < -0.4 is 38.6 Å². The van der Waals surface area contributed by atoms with Crippen molar-refractivity contribution in [3.05, 3.63) is 72.4 Å². The summed E-state index contributed by atoms with van der Waals surface area (Å²) >= 11 is 1.19. The number of benzene rings is 2. The maximum atomic E-state index is 14.0. The van der Waals surface area contributed by atoms with E-state index < -0.39 is 12.0 Å². The number of nitrogens with zero attached hydrogens (tertiary/aromatic N) is 3. The van der Waals surface area contributed by atoms with Gasteiger partial charge in [-0.1, -0.05) is 17.4 Å². The Labute approximate surface area is 246 Å². The van der Waals surface area contributed by atoms with Crippen molar-refractivity contribution in [2.24, 2.45) is 4.99 Å². The fraction of sp³-hybridized carbons (Fsp3) is 0.333. The molecule has 0 N–H and O–H groups in total. The van der Waals surface area contributed by atoms with Gasteiger partial charge in [-0.2, -0.15) is 5.26 Å². The molecule has 0 aliphatic carbocycles. The number of carbonyl (C=O) groups excluding carboxylic acids is 1. The van der Waals surface area contributed by atoms with Gasteiger partial charge in [-0.05, 0) is 62.2 Å². The highest BCUT2D eigenvalue weighted by Gasteiger charge is 2.34. The van der Waals surface area contributed by atoms with Crippen molar-refractivity contribution in [3.8, 4) is 34.8 Å². The minimum absolute atomic E-state index is 0.124. The van der Waals surface area contributed by atoms with E-state index in [1.807, 2.05) is 13.0 Å². The first-order valence-corrected chi connectivity index (χ1v) is 13.9. The first kappa shape index (κ1) is 30.2. The van der Waals surface area contributed by atoms with Crippen LogP contribution in [0.4, 0.5) is 0 Å². The third-order valence-electron chi connectivity index (χ3n) is 6.38. The molecule has 1 aromatic heterocycles. The first-order chi connectivity index (χ1) is 20.3. The zero-order valence-corrected chi connectivity index (χ0v) is 25.0. The van der Waals surface area contributed by atoms with Crippen LogP contribution in [-0.2, 0) is 9.53 Å². The molecule has 42 heavy (non-hydrogen) atoms. The third kappa shape index (κ3) is 5.82. The van der Waals surface area contributed by atoms with Crippen molar-refractivity contribution in [2.45, 2.75) is 26.8 Å². The molecule has 4 rings (SSSR count). The number of methoxy groups -OCH3 is 3. The molecule has 12 heteroatoms. The molecular weight excluding hydrogens is 562 g/mol. The minimum atomic E-state index is -0.878. The molecule has 0 saturated carbocycles. The van der Waals surface area contributed by atoms with Crippen LogP contribution in [0, 0.1) is 11.3 Å². The zero-order valence-electron chi connectivity index (χ0n) is 24.2. The number of rotatable bonds is 11. The number of hydrogen-bond donors (Lipinski definition) is 0. The Kier molecular flexibility index (Phi) is 9.54. The lowest BCUT2D eigenvalue weighted by atomic mass is 9.95. The number of hydrogen-bond acceptors (Lipinski definition) is 11. The fourth-order valence-corrected chi connectivity index (χ4v) is 5.68. The summed E-state index contributed by atoms with van der Waals surface area (Å²) in [6, 6.07) is 9.66. The predicted octanol–water partition coefficient (Wildman–Crippen LogP) is 3.13. The molecule has 2 heterocycles. The van der Waals surface area contributed by atoms with Gasteiger partial charge in [-0.25, -0.2) is 9.79 Å². The van der Waals surface area contributed by atoms with E-state index in [-0.39, 0.29) is 24.3 Å². The molecular formula is C30H31N3O8S. The summed E-state index contributed by atoms with van der Waals surface area (Å²) in [5, 5.41) is 8.88. The fourth-order valence-electron chi connectivity index (χ4n) is 4.63. The van der Waals surface area contributed by atoms with E-state index in [4.69, 9.17) is 33.7 Å². The maximum Gasteiger partial charge on any atom is 0.338 e. The quantitative estimate of drug-likeness (QED) is 0.308. The van der Waals surface area contributed by atoms with Gasteiger partial charge in [-0.3, -0.25) is 9.36 Å². The first-order valence-electron chi connectivity index (χ1n) is 13.1. The minimum Gasteiger partial charge on any atom is -0.493 e. The van der Waals surface area contributed by atoms with E-state index >= 15 is 0 Å². The highest BCUT2D eigenvalue weighted by atomic mass is 32.1. The lowest BCUT2D eigenvalue weighted by Gasteiger charge is -2.26. The van der Waals surface area contributed by atoms with Crippen molar-refractivity contribution >= 4 is 23.4 Å². The number of ether oxygens (including phenoxy) is 6. The topological polar surface area (TPSA) is 131 Å². The molecule has 3 aromatic rings. The van der Waals surface area contributed by atoms with Crippen LogP contribution in [0.5, 0.6) is 28.7 Å². The van der Waals surface area contributed by atoms with Crippen LogP contribution in [0.25, 0.3) is 6.08 Å². The Balaban J connectivity index is 1.94. The molecule has 0 saturated heterocycles. The Morgan fingerprint density at radius 2 is 1.74 bits per heavy atom. The predicted molar refractivity (Wildman–Crippen MR) is 155 cm³/mol. The van der Waals surface area contributed by atoms with Crippen LogP contribution in [0.1, 0.15) is 37.9 Å². The summed E-state index contributed by atoms with van der Waals surface area (Å²) in [5.74, 6) is 1.41. The second kappa shape index (κ2) is 13.3. The van der Waals surface area contributed by atoms with Gasteiger partial charge in [0.1, 0.15) is 6.07 Å². The molecule has 0 bridgehead atoms. The molecule has 1 atom stereocenters. The van der Waals surface area contributed by atoms with Gasteiger partial charge in [0.25, 0.3) is 5.56 Å². The molecule has 0 radical (unpaired) electrons. The summed E-state index contributed by atoms with van der Waals surface area (Å²) in [6.07, 6.45) is 1.72. The standard InChI is InChI=1S/C30H31N3O8S/c1-7-39-21-13-18(9-10-20(21)41-12-11-31)14-24-28(34)33-26(19-15-22(36-4)27(38-6)23(16-19)37-5)25(29(35)40-8-2)17(3)32-30(33)42-24/h9-10,13-16,26H,7-8,12H2,1-6H3/b24-14-/t26-/m1/s1. The summed E-state index contributed by atoms with van der Waals surface area (Å²) in [5.41, 5.74) is 1.53. The monoisotopic (exact) mass is 593 g/mol. The van der Waals surface area contributed by atoms with Crippen molar-refractivity contribution in [3.63, 3.8) is 0 Å². The second-order valence-corrected chi connectivity index (χ2v) is 9.86. The second-order valence-electron chi connectivity index (χ2n) is 8.85. The van der Waals surface area contributed by atoms with Crippen LogP contribution >= 0.6 is 11.3 Å². The third-order valence-corrected chi connectivity index (χ3v) is 7.36. The Morgan fingerprint density at radius 3 is 2.33 bits per heavy atom. The number of thiazole rings is 1. The van der Waals surface area contributed by atoms with Gasteiger partial charge in [0, 0.05) is 0 Å². The molecule has 0 spiro atoms. The highest BCUT2D eigenvalue weighted by molar-refractivity contribution is 7.07. The maximum absolute atomic E-state index is 14.0. The number of carbonyl (C=O) groups is 1. The van der Waals surface area contributed by atoms with Crippen LogP contribution in [0.15, 0.2) is 51.4 Å². The van der Waals surface area contributed by atoms with Crippen molar-refractivity contribution in [1.82, 2.24) is 4.57 Å². The Hall–Kier alpha value is -4.76. The van der Waals surface area contributed by atoms with E-state index in [1.54, 1.807) is 50.3 Å². The van der Waals surface area contributed by atoms with Crippen LogP contribution in [0.3, 0.4) is 0 Å². The molecule has 1 aliphatic rings. The largest absolute Gasteiger partial charge is 0.493 e. The van der Waals surface area contributed by atoms with Crippen molar-refractivity contribution in [2.75, 3.05) is 41.2 Å². The Morgan fingerprint density at radius 1 is 1.02 bits per heavy atom. The summed E-state index contributed by atoms with van der Waals surface area (Å²) in [7, 11) is 4.48. The molecule has 2 aromatic carbocycles. The zero-order chi connectivity index (χ0) is 30.4. The number of esters is 1. The SMILES string of the molecule is CCOC(=O)C1=C(C)N=c2s/c(=C\c3ccc(OCC#N)c(OCC)c3)c(=O)n2[C@@H]1c1cc(OC)c(OC)c(OC)c1. The highest BCUT2D eigenvalue weighted by Crippen LogP contribution is 2.42. The lowest BCUT2D eigenvalue weighted by Crippen LogP contribution is -2.40.